The van der Waals surface area contributed by atoms with Crippen molar-refractivity contribution in [1.29, 1.82) is 0 Å². The summed E-state index contributed by atoms with van der Waals surface area (Å²) in [7, 11) is 0. The van der Waals surface area contributed by atoms with E-state index in [1.807, 2.05) is 60.1 Å². The molecule has 0 spiro atoms. The van der Waals surface area contributed by atoms with Gasteiger partial charge >= 0.3 is 0 Å². The van der Waals surface area contributed by atoms with Crippen molar-refractivity contribution in [2.75, 3.05) is 0 Å². The molecule has 0 saturated heterocycles. The molecule has 0 aliphatic carbocycles. The SMILES string of the molecule is c1ccc(-c2nc(-c3ccc(-c4ccncc4)cc3)cc(-c3ccc(-c4cccc5sc6ccccc6c45)c4c3oc3ccccc34)n2)cc1. The van der Waals surface area contributed by atoms with Crippen LogP contribution in [0, 0.1) is 0 Å². The second-order valence-corrected chi connectivity index (χ2v) is 13.5. The van der Waals surface area contributed by atoms with Gasteiger partial charge in [-0.15, -0.1) is 11.3 Å². The number of pyridine rings is 1. The molecule has 4 nitrogen and oxygen atoms in total. The van der Waals surface area contributed by atoms with E-state index < -0.39 is 0 Å². The summed E-state index contributed by atoms with van der Waals surface area (Å²) in [6.45, 7) is 0. The van der Waals surface area contributed by atoms with E-state index in [0.717, 1.165) is 66.7 Å². The van der Waals surface area contributed by atoms with Crippen molar-refractivity contribution in [3.8, 4) is 56.2 Å². The molecule has 0 aliphatic rings. The Morgan fingerprint density at radius 3 is 1.96 bits per heavy atom. The van der Waals surface area contributed by atoms with E-state index in [0.29, 0.717) is 5.82 Å². The number of benzene rings is 6. The van der Waals surface area contributed by atoms with Crippen LogP contribution in [0.2, 0.25) is 0 Å². The smallest absolute Gasteiger partial charge is 0.160 e. The molecule has 0 aliphatic heterocycles. The van der Waals surface area contributed by atoms with Crippen molar-refractivity contribution < 1.29 is 4.42 Å². The second-order valence-electron chi connectivity index (χ2n) is 12.4. The quantitative estimate of drug-likeness (QED) is 0.185. The van der Waals surface area contributed by atoms with E-state index in [4.69, 9.17) is 14.4 Å². The van der Waals surface area contributed by atoms with Crippen LogP contribution in [-0.4, -0.2) is 15.0 Å². The van der Waals surface area contributed by atoms with Crippen LogP contribution in [0.1, 0.15) is 0 Å². The Morgan fingerprint density at radius 1 is 0.440 bits per heavy atom. The average molecular weight is 658 g/mol. The van der Waals surface area contributed by atoms with Crippen LogP contribution in [0.4, 0.5) is 0 Å². The maximum absolute atomic E-state index is 6.77. The zero-order valence-electron chi connectivity index (χ0n) is 26.7. The zero-order chi connectivity index (χ0) is 33.0. The van der Waals surface area contributed by atoms with E-state index in [-0.39, 0.29) is 0 Å². The van der Waals surface area contributed by atoms with Crippen LogP contribution >= 0.6 is 11.3 Å². The topological polar surface area (TPSA) is 51.8 Å². The fourth-order valence-electron chi connectivity index (χ4n) is 7.08. The Bertz CT molecular complexity index is 2860. The maximum atomic E-state index is 6.77. The lowest BCUT2D eigenvalue weighted by molar-refractivity contribution is 0.670. The Kier molecular flexibility index (Phi) is 6.64. The van der Waals surface area contributed by atoms with Gasteiger partial charge in [0.1, 0.15) is 11.2 Å². The summed E-state index contributed by atoms with van der Waals surface area (Å²) in [5.74, 6) is 0.666. The van der Waals surface area contributed by atoms with Gasteiger partial charge in [-0.2, -0.15) is 0 Å². The molecule has 0 atom stereocenters. The molecule has 0 N–H and O–H groups in total. The van der Waals surface area contributed by atoms with Crippen LogP contribution in [0.15, 0.2) is 168 Å². The van der Waals surface area contributed by atoms with E-state index in [1.165, 1.54) is 25.7 Å². The summed E-state index contributed by atoms with van der Waals surface area (Å²) in [6, 6.07) is 52.9. The normalized spacial score (nSPS) is 11.6. The molecular formula is C45H27N3OS. The van der Waals surface area contributed by atoms with Gasteiger partial charge in [-0.25, -0.2) is 9.97 Å². The van der Waals surface area contributed by atoms with Crippen molar-refractivity contribution in [3.63, 3.8) is 0 Å². The number of aromatic nitrogens is 3. The summed E-state index contributed by atoms with van der Waals surface area (Å²) in [6.07, 6.45) is 3.64. The highest BCUT2D eigenvalue weighted by Crippen LogP contribution is 2.46. The van der Waals surface area contributed by atoms with Crippen molar-refractivity contribution in [2.24, 2.45) is 0 Å². The summed E-state index contributed by atoms with van der Waals surface area (Å²) >= 11 is 1.84. The first-order valence-electron chi connectivity index (χ1n) is 16.6. The third kappa shape index (κ3) is 4.71. The summed E-state index contributed by atoms with van der Waals surface area (Å²) < 4.78 is 9.34. The van der Waals surface area contributed by atoms with Crippen molar-refractivity contribution in [1.82, 2.24) is 15.0 Å². The summed E-state index contributed by atoms with van der Waals surface area (Å²) in [5, 5.41) is 4.72. The molecule has 0 unspecified atom stereocenters. The van der Waals surface area contributed by atoms with Gasteiger partial charge in [-0.1, -0.05) is 109 Å². The number of nitrogens with zero attached hydrogens (tertiary/aromatic N) is 3. The Balaban J connectivity index is 1.21. The molecule has 10 rings (SSSR count). The minimum atomic E-state index is 0.666. The van der Waals surface area contributed by atoms with Gasteiger partial charge in [-0.05, 0) is 64.7 Å². The summed E-state index contributed by atoms with van der Waals surface area (Å²) in [5.41, 5.74) is 10.8. The molecule has 10 aromatic rings. The predicted octanol–water partition coefficient (Wildman–Crippen LogP) is 12.5. The van der Waals surface area contributed by atoms with Gasteiger partial charge < -0.3 is 4.42 Å². The van der Waals surface area contributed by atoms with E-state index in [9.17, 15) is 0 Å². The van der Waals surface area contributed by atoms with Crippen LogP contribution in [-0.2, 0) is 0 Å². The maximum Gasteiger partial charge on any atom is 0.160 e. The minimum Gasteiger partial charge on any atom is -0.455 e. The Hall–Kier alpha value is -6.43. The molecule has 0 amide bonds. The van der Waals surface area contributed by atoms with Crippen molar-refractivity contribution in [2.45, 2.75) is 0 Å². The predicted molar refractivity (Wildman–Crippen MR) is 207 cm³/mol. The van der Waals surface area contributed by atoms with Crippen LogP contribution in [0.3, 0.4) is 0 Å². The van der Waals surface area contributed by atoms with Crippen LogP contribution in [0.25, 0.3) is 98.3 Å². The Morgan fingerprint density at radius 2 is 1.10 bits per heavy atom. The molecule has 6 aromatic carbocycles. The van der Waals surface area contributed by atoms with Gasteiger partial charge in [0.2, 0.25) is 0 Å². The minimum absolute atomic E-state index is 0.666. The first kappa shape index (κ1) is 28.6. The summed E-state index contributed by atoms with van der Waals surface area (Å²) in [4.78, 5) is 14.5. The van der Waals surface area contributed by atoms with Gasteiger partial charge in [0, 0.05) is 60.0 Å². The lowest BCUT2D eigenvalue weighted by Gasteiger charge is -2.12. The number of hydrogen-bond donors (Lipinski definition) is 0. The lowest BCUT2D eigenvalue weighted by Crippen LogP contribution is -1.96. The molecule has 0 radical (unpaired) electrons. The van der Waals surface area contributed by atoms with Crippen LogP contribution in [0.5, 0.6) is 0 Å². The number of thiophene rings is 1. The zero-order valence-corrected chi connectivity index (χ0v) is 27.6. The molecule has 4 heterocycles. The number of para-hydroxylation sites is 1. The number of hydrogen-bond acceptors (Lipinski definition) is 5. The molecule has 5 heteroatoms. The van der Waals surface area contributed by atoms with Gasteiger partial charge in [0.05, 0.1) is 11.4 Å². The molecule has 50 heavy (non-hydrogen) atoms. The van der Waals surface area contributed by atoms with Crippen molar-refractivity contribution >= 4 is 53.4 Å². The van der Waals surface area contributed by atoms with E-state index >= 15 is 0 Å². The molecular weight excluding hydrogens is 631 g/mol. The monoisotopic (exact) mass is 657 g/mol. The second kappa shape index (κ2) is 11.6. The largest absolute Gasteiger partial charge is 0.455 e. The van der Waals surface area contributed by atoms with Gasteiger partial charge in [-0.3, -0.25) is 4.98 Å². The Labute approximate surface area is 292 Å². The first-order chi connectivity index (χ1) is 24.8. The number of furan rings is 1. The fraction of sp³-hybridized carbons (Fsp3) is 0. The molecule has 0 bridgehead atoms. The highest BCUT2D eigenvalue weighted by atomic mass is 32.1. The molecule has 0 fully saturated rings. The number of fused-ring (bicyclic) bond motifs is 6. The third-order valence-corrected chi connectivity index (χ3v) is 10.6. The van der Waals surface area contributed by atoms with E-state index in [1.54, 1.807) is 0 Å². The van der Waals surface area contributed by atoms with Crippen molar-refractivity contribution in [3.05, 3.63) is 164 Å². The average Bonchev–Trinajstić information content (AvgIpc) is 3.77. The standard InChI is InChI=1S/C45H27N3OS/c1-2-9-31(10-3-1)45-47-37(30-19-17-28(18-20-30)29-23-25-46-26-24-29)27-38(48-45)34-22-21-33(43-35-11-4-6-14-39(35)49-44(34)43)32-13-8-16-41-42(32)36-12-5-7-15-40(36)50-41/h1-27H. The first-order valence-corrected chi connectivity index (χ1v) is 17.4. The lowest BCUT2D eigenvalue weighted by atomic mass is 9.93. The molecule has 4 aromatic heterocycles. The van der Waals surface area contributed by atoms with Gasteiger partial charge in [0.15, 0.2) is 5.82 Å². The van der Waals surface area contributed by atoms with Gasteiger partial charge in [0.25, 0.3) is 0 Å². The number of rotatable bonds is 5. The highest BCUT2D eigenvalue weighted by Gasteiger charge is 2.21. The molecule has 234 valence electrons. The van der Waals surface area contributed by atoms with Crippen LogP contribution < -0.4 is 0 Å². The molecule has 0 saturated carbocycles. The highest BCUT2D eigenvalue weighted by molar-refractivity contribution is 7.25. The van der Waals surface area contributed by atoms with E-state index in [2.05, 4.69) is 120 Å². The third-order valence-electron chi connectivity index (χ3n) is 9.45. The fourth-order valence-corrected chi connectivity index (χ4v) is 8.21.